The van der Waals surface area contributed by atoms with Gasteiger partial charge in [-0.05, 0) is 36.1 Å². The molecule has 0 unspecified atom stereocenters. The third-order valence-corrected chi connectivity index (χ3v) is 2.05. The van der Waals surface area contributed by atoms with Crippen LogP contribution in [0.3, 0.4) is 0 Å². The summed E-state index contributed by atoms with van der Waals surface area (Å²) in [5.41, 5.74) is 0. The molecule has 14 heavy (non-hydrogen) atoms. The standard InChI is InChI=1S/C11H10O2S/c1-2-13-11(12)8-9-14-10-6-4-3-5-7-10/h3-7H,2H2,1H3. The highest BCUT2D eigenvalue weighted by Crippen LogP contribution is 2.14. The average Bonchev–Trinajstić information content (AvgIpc) is 2.20. The summed E-state index contributed by atoms with van der Waals surface area (Å²) in [6, 6.07) is 9.65. The lowest BCUT2D eigenvalue weighted by molar-refractivity contribution is -0.136. The fourth-order valence-corrected chi connectivity index (χ4v) is 1.33. The van der Waals surface area contributed by atoms with Crippen molar-refractivity contribution >= 4 is 17.7 Å². The van der Waals surface area contributed by atoms with E-state index in [1.54, 1.807) is 6.92 Å². The van der Waals surface area contributed by atoms with E-state index in [1.807, 2.05) is 30.3 Å². The molecular formula is C11H10O2S. The summed E-state index contributed by atoms with van der Waals surface area (Å²) in [6.45, 7) is 2.12. The fraction of sp³-hybridized carbons (Fsp3) is 0.182. The second kappa shape index (κ2) is 6.11. The molecule has 0 amide bonds. The van der Waals surface area contributed by atoms with Crippen LogP contribution in [0.5, 0.6) is 0 Å². The monoisotopic (exact) mass is 206 g/mol. The summed E-state index contributed by atoms with van der Waals surface area (Å²) >= 11 is 1.31. The number of rotatable bonds is 2. The van der Waals surface area contributed by atoms with E-state index >= 15 is 0 Å². The predicted molar refractivity (Wildman–Crippen MR) is 56.7 cm³/mol. The highest BCUT2D eigenvalue weighted by Gasteiger charge is 1.92. The molecule has 0 fully saturated rings. The van der Waals surface area contributed by atoms with Crippen molar-refractivity contribution in [2.45, 2.75) is 11.8 Å². The molecule has 0 atom stereocenters. The van der Waals surface area contributed by atoms with Gasteiger partial charge in [0.05, 0.1) is 6.61 Å². The lowest BCUT2D eigenvalue weighted by atomic mass is 10.4. The molecule has 2 nitrogen and oxygen atoms in total. The molecule has 0 aliphatic carbocycles. The Morgan fingerprint density at radius 2 is 2.14 bits per heavy atom. The molecule has 3 heteroatoms. The van der Waals surface area contributed by atoms with Gasteiger partial charge in [-0.3, -0.25) is 0 Å². The minimum absolute atomic E-state index is 0.365. The van der Waals surface area contributed by atoms with E-state index in [9.17, 15) is 4.79 Å². The molecule has 1 rings (SSSR count). The molecule has 0 radical (unpaired) electrons. The molecule has 0 saturated carbocycles. The molecule has 0 N–H and O–H groups in total. The van der Waals surface area contributed by atoms with Crippen LogP contribution in [-0.2, 0) is 9.53 Å². The van der Waals surface area contributed by atoms with Crippen molar-refractivity contribution in [2.24, 2.45) is 0 Å². The highest BCUT2D eigenvalue weighted by atomic mass is 32.2. The zero-order valence-corrected chi connectivity index (χ0v) is 8.64. The predicted octanol–water partition coefficient (Wildman–Crippen LogP) is 2.30. The Kier molecular flexibility index (Phi) is 4.66. The normalized spacial score (nSPS) is 8.64. The second-order valence-corrected chi connectivity index (χ2v) is 3.24. The van der Waals surface area contributed by atoms with Crippen molar-refractivity contribution in [2.75, 3.05) is 6.61 Å². The molecule has 1 aromatic rings. The smallest absolute Gasteiger partial charge is 0.385 e. The molecular weight excluding hydrogens is 196 g/mol. The Hall–Kier alpha value is -1.40. The Bertz CT molecular complexity index is 349. The van der Waals surface area contributed by atoms with E-state index in [1.165, 1.54) is 11.8 Å². The van der Waals surface area contributed by atoms with Crippen LogP contribution in [0.2, 0.25) is 0 Å². The summed E-state index contributed by atoms with van der Waals surface area (Å²) in [4.78, 5) is 11.8. The number of carbonyl (C=O) groups excluding carboxylic acids is 1. The van der Waals surface area contributed by atoms with Crippen molar-refractivity contribution in [3.05, 3.63) is 30.3 Å². The van der Waals surface area contributed by atoms with Crippen LogP contribution >= 0.6 is 11.8 Å². The molecule has 0 bridgehead atoms. The lowest BCUT2D eigenvalue weighted by Gasteiger charge is -1.92. The van der Waals surface area contributed by atoms with Crippen LogP contribution < -0.4 is 0 Å². The Balaban J connectivity index is 2.44. The van der Waals surface area contributed by atoms with Crippen molar-refractivity contribution in [1.82, 2.24) is 0 Å². The molecule has 0 heterocycles. The number of esters is 1. The molecule has 1 aromatic carbocycles. The van der Waals surface area contributed by atoms with Gasteiger partial charge in [0.15, 0.2) is 0 Å². The van der Waals surface area contributed by atoms with Gasteiger partial charge >= 0.3 is 5.97 Å². The maximum atomic E-state index is 10.8. The topological polar surface area (TPSA) is 26.3 Å². The van der Waals surface area contributed by atoms with Gasteiger partial charge in [-0.1, -0.05) is 18.2 Å². The first kappa shape index (κ1) is 10.7. The Morgan fingerprint density at radius 3 is 2.79 bits per heavy atom. The van der Waals surface area contributed by atoms with Crippen LogP contribution in [-0.4, -0.2) is 12.6 Å². The lowest BCUT2D eigenvalue weighted by Crippen LogP contribution is -1.98. The molecule has 72 valence electrons. The van der Waals surface area contributed by atoms with Crippen molar-refractivity contribution in [3.8, 4) is 11.2 Å². The highest BCUT2D eigenvalue weighted by molar-refractivity contribution is 8.04. The van der Waals surface area contributed by atoms with Crippen LogP contribution in [0, 0.1) is 11.2 Å². The minimum Gasteiger partial charge on any atom is -0.456 e. The van der Waals surface area contributed by atoms with Gasteiger partial charge in [0.2, 0.25) is 0 Å². The molecule has 0 aromatic heterocycles. The van der Waals surface area contributed by atoms with E-state index in [-0.39, 0.29) is 0 Å². The summed E-state index contributed by atoms with van der Waals surface area (Å²) < 4.78 is 4.65. The Labute approximate surface area is 87.7 Å². The first-order valence-electron chi connectivity index (χ1n) is 4.22. The molecule has 0 aliphatic heterocycles. The molecule has 0 spiro atoms. The maximum absolute atomic E-state index is 10.8. The quantitative estimate of drug-likeness (QED) is 0.422. The summed E-state index contributed by atoms with van der Waals surface area (Å²) in [6.07, 6.45) is 0. The molecule has 0 saturated heterocycles. The SMILES string of the molecule is CCOC(=O)C#CSc1ccccc1. The third-order valence-electron chi connectivity index (χ3n) is 1.34. The first-order valence-corrected chi connectivity index (χ1v) is 5.04. The van der Waals surface area contributed by atoms with Gasteiger partial charge in [-0.25, -0.2) is 4.79 Å². The zero-order chi connectivity index (χ0) is 10.2. The van der Waals surface area contributed by atoms with Crippen molar-refractivity contribution in [3.63, 3.8) is 0 Å². The number of thioether (sulfide) groups is 1. The minimum atomic E-state index is -0.476. The number of ether oxygens (including phenoxy) is 1. The zero-order valence-electron chi connectivity index (χ0n) is 7.82. The third kappa shape index (κ3) is 4.01. The maximum Gasteiger partial charge on any atom is 0.385 e. The van der Waals surface area contributed by atoms with Gasteiger partial charge in [0.1, 0.15) is 0 Å². The average molecular weight is 206 g/mol. The van der Waals surface area contributed by atoms with E-state index in [4.69, 9.17) is 0 Å². The Morgan fingerprint density at radius 1 is 1.43 bits per heavy atom. The van der Waals surface area contributed by atoms with Crippen LogP contribution in [0.1, 0.15) is 6.92 Å². The van der Waals surface area contributed by atoms with Gasteiger partial charge in [0, 0.05) is 10.8 Å². The van der Waals surface area contributed by atoms with Gasteiger partial charge < -0.3 is 4.74 Å². The van der Waals surface area contributed by atoms with E-state index in [0.29, 0.717) is 6.61 Å². The van der Waals surface area contributed by atoms with E-state index < -0.39 is 5.97 Å². The largest absolute Gasteiger partial charge is 0.456 e. The van der Waals surface area contributed by atoms with Gasteiger partial charge in [-0.2, -0.15) is 0 Å². The number of hydrogen-bond acceptors (Lipinski definition) is 3. The van der Waals surface area contributed by atoms with Crippen molar-refractivity contribution in [1.29, 1.82) is 0 Å². The number of hydrogen-bond donors (Lipinski definition) is 0. The second-order valence-electron chi connectivity index (χ2n) is 2.36. The van der Waals surface area contributed by atoms with Crippen LogP contribution in [0.25, 0.3) is 0 Å². The van der Waals surface area contributed by atoms with Gasteiger partial charge in [-0.15, -0.1) is 0 Å². The van der Waals surface area contributed by atoms with E-state index in [0.717, 1.165) is 4.90 Å². The van der Waals surface area contributed by atoms with Crippen LogP contribution in [0.4, 0.5) is 0 Å². The number of carbonyl (C=O) groups is 1. The first-order chi connectivity index (χ1) is 6.83. The van der Waals surface area contributed by atoms with E-state index in [2.05, 4.69) is 15.9 Å². The van der Waals surface area contributed by atoms with Gasteiger partial charge in [0.25, 0.3) is 0 Å². The number of benzene rings is 1. The molecule has 0 aliphatic rings. The van der Waals surface area contributed by atoms with Crippen molar-refractivity contribution < 1.29 is 9.53 Å². The fourth-order valence-electron chi connectivity index (χ4n) is 0.782. The summed E-state index contributed by atoms with van der Waals surface area (Å²) in [5.74, 6) is 1.91. The van der Waals surface area contributed by atoms with Crippen LogP contribution in [0.15, 0.2) is 35.2 Å². The summed E-state index contributed by atoms with van der Waals surface area (Å²) in [5, 5.41) is 2.68. The summed E-state index contributed by atoms with van der Waals surface area (Å²) in [7, 11) is 0.